The molecule has 0 amide bonds. The van der Waals surface area contributed by atoms with Crippen molar-refractivity contribution in [3.05, 3.63) is 12.2 Å². The van der Waals surface area contributed by atoms with Gasteiger partial charge in [0, 0.05) is 12.8 Å². The standard InChI is InChI=1S/C15H26F2O2/c1-3-5-6-7-8-9-11-14(18)19-13-10-12-15(16,17)4-2/h10,12H,3-9,11,13H2,1-2H3/b12-10+. The Kier molecular flexibility index (Phi) is 10.4. The van der Waals surface area contributed by atoms with Crippen LogP contribution in [0.15, 0.2) is 12.2 Å². The van der Waals surface area contributed by atoms with E-state index >= 15 is 0 Å². The summed E-state index contributed by atoms with van der Waals surface area (Å²) < 4.78 is 30.5. The van der Waals surface area contributed by atoms with Crippen LogP contribution < -0.4 is 0 Å². The monoisotopic (exact) mass is 276 g/mol. The minimum Gasteiger partial charge on any atom is -0.461 e. The zero-order valence-corrected chi connectivity index (χ0v) is 12.1. The van der Waals surface area contributed by atoms with Crippen LogP contribution in [0.3, 0.4) is 0 Å². The van der Waals surface area contributed by atoms with Gasteiger partial charge in [-0.25, -0.2) is 8.78 Å². The fraction of sp³-hybridized carbons (Fsp3) is 0.800. The van der Waals surface area contributed by atoms with E-state index in [1.54, 1.807) is 0 Å². The second-order valence-corrected chi connectivity index (χ2v) is 4.72. The maximum atomic E-state index is 12.8. The second-order valence-electron chi connectivity index (χ2n) is 4.72. The summed E-state index contributed by atoms with van der Waals surface area (Å²) in [6.07, 6.45) is 8.78. The number of unbranched alkanes of at least 4 members (excludes halogenated alkanes) is 5. The Bertz CT molecular complexity index is 263. The second kappa shape index (κ2) is 10.9. The summed E-state index contributed by atoms with van der Waals surface area (Å²) in [5.41, 5.74) is 0. The summed E-state index contributed by atoms with van der Waals surface area (Å²) >= 11 is 0. The van der Waals surface area contributed by atoms with Crippen LogP contribution in [-0.4, -0.2) is 18.5 Å². The molecule has 2 nitrogen and oxygen atoms in total. The first-order valence-electron chi connectivity index (χ1n) is 7.23. The van der Waals surface area contributed by atoms with E-state index in [1.165, 1.54) is 32.3 Å². The Morgan fingerprint density at radius 1 is 1.11 bits per heavy atom. The fourth-order valence-electron chi connectivity index (χ4n) is 1.60. The van der Waals surface area contributed by atoms with Crippen LogP contribution >= 0.6 is 0 Å². The van der Waals surface area contributed by atoms with Crippen molar-refractivity contribution in [3.8, 4) is 0 Å². The average molecular weight is 276 g/mol. The van der Waals surface area contributed by atoms with Gasteiger partial charge in [-0.15, -0.1) is 0 Å². The van der Waals surface area contributed by atoms with Gasteiger partial charge in [-0.05, 0) is 18.6 Å². The van der Waals surface area contributed by atoms with E-state index in [2.05, 4.69) is 6.92 Å². The molecule has 0 N–H and O–H groups in total. The van der Waals surface area contributed by atoms with Gasteiger partial charge in [0.15, 0.2) is 0 Å². The molecule has 0 aliphatic carbocycles. The van der Waals surface area contributed by atoms with Crippen LogP contribution in [0, 0.1) is 0 Å². The summed E-state index contributed by atoms with van der Waals surface area (Å²) in [7, 11) is 0. The quantitative estimate of drug-likeness (QED) is 0.305. The lowest BCUT2D eigenvalue weighted by Crippen LogP contribution is -2.10. The van der Waals surface area contributed by atoms with Gasteiger partial charge in [-0.1, -0.05) is 46.0 Å². The van der Waals surface area contributed by atoms with Crippen molar-refractivity contribution >= 4 is 5.97 Å². The van der Waals surface area contributed by atoms with Crippen LogP contribution in [0.4, 0.5) is 8.78 Å². The van der Waals surface area contributed by atoms with E-state index in [9.17, 15) is 13.6 Å². The molecule has 0 aliphatic rings. The van der Waals surface area contributed by atoms with Crippen molar-refractivity contribution in [2.24, 2.45) is 0 Å². The predicted octanol–water partition coefficient (Wildman–Crippen LogP) is 4.88. The number of rotatable bonds is 11. The third-order valence-corrected chi connectivity index (χ3v) is 2.91. The van der Waals surface area contributed by atoms with E-state index in [0.717, 1.165) is 25.3 Å². The number of carbonyl (C=O) groups excluding carboxylic acids is 1. The van der Waals surface area contributed by atoms with Crippen LogP contribution in [0.25, 0.3) is 0 Å². The number of hydrogen-bond donors (Lipinski definition) is 0. The first-order chi connectivity index (χ1) is 9.02. The number of halogens is 2. The molecule has 0 atom stereocenters. The number of allylic oxidation sites excluding steroid dienone is 1. The summed E-state index contributed by atoms with van der Waals surface area (Å²) in [4.78, 5) is 11.3. The van der Waals surface area contributed by atoms with Crippen molar-refractivity contribution < 1.29 is 18.3 Å². The molecule has 0 saturated carbocycles. The largest absolute Gasteiger partial charge is 0.461 e. The van der Waals surface area contributed by atoms with Gasteiger partial charge in [-0.2, -0.15) is 0 Å². The SMILES string of the molecule is CCCCCCCCC(=O)OC/C=C/C(F)(F)CC. The molecule has 0 fully saturated rings. The topological polar surface area (TPSA) is 26.3 Å². The third kappa shape index (κ3) is 11.9. The molecule has 0 aromatic carbocycles. The minimum absolute atomic E-state index is 0.0652. The smallest absolute Gasteiger partial charge is 0.306 e. The summed E-state index contributed by atoms with van der Waals surface area (Å²) in [6.45, 7) is 3.51. The Hall–Kier alpha value is -0.930. The van der Waals surface area contributed by atoms with Crippen LogP contribution in [0.2, 0.25) is 0 Å². The van der Waals surface area contributed by atoms with Gasteiger partial charge >= 0.3 is 5.97 Å². The Labute approximate surface area is 115 Å². The molecule has 0 aliphatic heterocycles. The molecule has 0 bridgehead atoms. The summed E-state index contributed by atoms with van der Waals surface area (Å²) in [5, 5.41) is 0. The molecule has 0 saturated heterocycles. The Balaban J connectivity index is 3.50. The summed E-state index contributed by atoms with van der Waals surface area (Å²) in [5.74, 6) is -3.11. The summed E-state index contributed by atoms with van der Waals surface area (Å²) in [6, 6.07) is 0. The lowest BCUT2D eigenvalue weighted by molar-refractivity contribution is -0.142. The lowest BCUT2D eigenvalue weighted by atomic mass is 10.1. The highest BCUT2D eigenvalue weighted by atomic mass is 19.3. The molecule has 0 radical (unpaired) electrons. The first kappa shape index (κ1) is 18.1. The molecule has 0 rings (SSSR count). The molecule has 0 unspecified atom stereocenters. The normalized spacial score (nSPS) is 12.0. The number of hydrogen-bond acceptors (Lipinski definition) is 2. The molecule has 112 valence electrons. The molecule has 0 heterocycles. The minimum atomic E-state index is -2.80. The average Bonchev–Trinajstić information content (AvgIpc) is 2.39. The van der Waals surface area contributed by atoms with Gasteiger partial charge in [0.2, 0.25) is 0 Å². The Morgan fingerprint density at radius 2 is 1.74 bits per heavy atom. The molecule has 0 aromatic rings. The predicted molar refractivity (Wildman–Crippen MR) is 73.3 cm³/mol. The Morgan fingerprint density at radius 3 is 2.37 bits per heavy atom. The molecule has 0 spiro atoms. The third-order valence-electron chi connectivity index (χ3n) is 2.91. The van der Waals surface area contributed by atoms with Crippen molar-refractivity contribution in [3.63, 3.8) is 0 Å². The van der Waals surface area contributed by atoms with Crippen molar-refractivity contribution in [1.82, 2.24) is 0 Å². The molecule has 4 heteroatoms. The molecule has 0 aromatic heterocycles. The number of esters is 1. The van der Waals surface area contributed by atoms with E-state index < -0.39 is 5.92 Å². The highest BCUT2D eigenvalue weighted by Crippen LogP contribution is 2.18. The highest BCUT2D eigenvalue weighted by molar-refractivity contribution is 5.69. The molecular weight excluding hydrogens is 250 g/mol. The van der Waals surface area contributed by atoms with Crippen molar-refractivity contribution in [1.29, 1.82) is 0 Å². The fourth-order valence-corrected chi connectivity index (χ4v) is 1.60. The van der Waals surface area contributed by atoms with E-state index in [-0.39, 0.29) is 19.0 Å². The highest BCUT2D eigenvalue weighted by Gasteiger charge is 2.20. The molecule has 19 heavy (non-hydrogen) atoms. The zero-order chi connectivity index (χ0) is 14.6. The first-order valence-corrected chi connectivity index (χ1v) is 7.23. The number of alkyl halides is 2. The van der Waals surface area contributed by atoms with Crippen molar-refractivity contribution in [2.75, 3.05) is 6.61 Å². The van der Waals surface area contributed by atoms with Gasteiger partial charge in [0.05, 0.1) is 0 Å². The van der Waals surface area contributed by atoms with Crippen LogP contribution in [0.5, 0.6) is 0 Å². The van der Waals surface area contributed by atoms with Gasteiger partial charge in [0.1, 0.15) is 6.61 Å². The van der Waals surface area contributed by atoms with Gasteiger partial charge in [0.25, 0.3) is 5.92 Å². The van der Waals surface area contributed by atoms with Gasteiger partial charge in [-0.3, -0.25) is 4.79 Å². The van der Waals surface area contributed by atoms with Gasteiger partial charge < -0.3 is 4.74 Å². The van der Waals surface area contributed by atoms with E-state index in [1.807, 2.05) is 0 Å². The number of carbonyl (C=O) groups is 1. The van der Waals surface area contributed by atoms with E-state index in [0.29, 0.717) is 6.42 Å². The van der Waals surface area contributed by atoms with Crippen molar-refractivity contribution in [2.45, 2.75) is 71.1 Å². The number of ether oxygens (including phenoxy) is 1. The maximum Gasteiger partial charge on any atom is 0.306 e. The lowest BCUT2D eigenvalue weighted by Gasteiger charge is -2.07. The van der Waals surface area contributed by atoms with E-state index in [4.69, 9.17) is 4.74 Å². The van der Waals surface area contributed by atoms with Crippen LogP contribution in [-0.2, 0) is 9.53 Å². The van der Waals surface area contributed by atoms with Crippen LogP contribution in [0.1, 0.15) is 65.2 Å². The maximum absolute atomic E-state index is 12.8. The zero-order valence-electron chi connectivity index (χ0n) is 12.1. The molecular formula is C15H26F2O2.